The van der Waals surface area contributed by atoms with E-state index < -0.39 is 29.9 Å². The molecule has 2 fully saturated rings. The van der Waals surface area contributed by atoms with Gasteiger partial charge in [-0.25, -0.2) is 9.37 Å². The number of hydrogen-bond donors (Lipinski definition) is 2. The molecule has 3 aromatic rings. The van der Waals surface area contributed by atoms with E-state index in [0.717, 1.165) is 18.3 Å². The number of ether oxygens (including phenoxy) is 1. The average molecular weight is 709 g/mol. The predicted molar refractivity (Wildman–Crippen MR) is 170 cm³/mol. The minimum atomic E-state index is -3.34. The molecule has 4 amide bonds. The molecule has 1 aromatic heterocycles. The van der Waals surface area contributed by atoms with Crippen LogP contribution in [0.4, 0.5) is 23.2 Å². The number of nitrogens with one attached hydrogen (secondary N) is 1. The second kappa shape index (κ2) is 14.4. The Hall–Kier alpha value is -4.70. The molecule has 0 spiro atoms. The molecule has 3 N–H and O–H groups in total. The summed E-state index contributed by atoms with van der Waals surface area (Å²) < 4.78 is 59.6. The van der Waals surface area contributed by atoms with Crippen molar-refractivity contribution in [2.75, 3.05) is 58.2 Å². The lowest BCUT2D eigenvalue weighted by Gasteiger charge is -2.41. The number of likely N-dealkylation sites (tertiary alicyclic amines) is 1. The van der Waals surface area contributed by atoms with Crippen LogP contribution in [0.3, 0.4) is 0 Å². The van der Waals surface area contributed by atoms with Crippen LogP contribution in [-0.4, -0.2) is 107 Å². The maximum atomic E-state index is 14.7. The zero-order valence-electron chi connectivity index (χ0n) is 26.7. The first-order chi connectivity index (χ1) is 23.2. The van der Waals surface area contributed by atoms with Gasteiger partial charge in [-0.15, -0.1) is 0 Å². The van der Waals surface area contributed by atoms with Crippen LogP contribution in [0.15, 0.2) is 36.5 Å². The topological polar surface area (TPSA) is 140 Å². The minimum Gasteiger partial charge on any atom is -0.432 e. The number of carbonyl (C=O) groups is 4. The summed E-state index contributed by atoms with van der Waals surface area (Å²) in [7, 11) is 3.35. The fourth-order valence-corrected chi connectivity index (χ4v) is 6.53. The van der Waals surface area contributed by atoms with Crippen molar-refractivity contribution in [2.45, 2.75) is 19.5 Å². The predicted octanol–water partition coefficient (Wildman–Crippen LogP) is 3.50. The van der Waals surface area contributed by atoms with Gasteiger partial charge < -0.3 is 34.6 Å². The Bertz CT molecular complexity index is 1770. The average Bonchev–Trinajstić information content (AvgIpc) is 3.43. The highest BCUT2D eigenvalue weighted by atomic mass is 35.5. The molecule has 0 bridgehead atoms. The lowest BCUT2D eigenvalue weighted by atomic mass is 9.93. The molecular formula is C32H35ClF4N7O5+. The normalized spacial score (nSPS) is 19.6. The Balaban J connectivity index is 1.17. The summed E-state index contributed by atoms with van der Waals surface area (Å²) in [6.45, 7) is -0.348. The van der Waals surface area contributed by atoms with Gasteiger partial charge in [-0.1, -0.05) is 11.6 Å². The van der Waals surface area contributed by atoms with E-state index in [1.54, 1.807) is 9.80 Å². The van der Waals surface area contributed by atoms with Gasteiger partial charge in [-0.3, -0.25) is 19.2 Å². The Morgan fingerprint density at radius 2 is 1.69 bits per heavy atom. The van der Waals surface area contributed by atoms with Crippen LogP contribution < -0.4 is 15.8 Å². The van der Waals surface area contributed by atoms with Gasteiger partial charge in [-0.2, -0.15) is 13.2 Å². The molecule has 5 rings (SSSR count). The quantitative estimate of drug-likeness (QED) is 0.258. The van der Waals surface area contributed by atoms with E-state index in [1.807, 2.05) is 7.05 Å². The molecule has 0 aliphatic carbocycles. The van der Waals surface area contributed by atoms with Crippen molar-refractivity contribution in [3.8, 4) is 17.0 Å². The number of aromatic nitrogens is 2. The summed E-state index contributed by atoms with van der Waals surface area (Å²) in [6, 6.07) is 6.21. The van der Waals surface area contributed by atoms with Crippen LogP contribution in [0, 0.1) is 17.6 Å². The molecule has 0 atom stereocenters. The Kier molecular flexibility index (Phi) is 10.5. The number of anilines is 1. The third-order valence-corrected chi connectivity index (χ3v) is 9.30. The zero-order valence-corrected chi connectivity index (χ0v) is 27.5. The highest BCUT2D eigenvalue weighted by Gasteiger charge is 2.37. The molecule has 17 heteroatoms. The summed E-state index contributed by atoms with van der Waals surface area (Å²) in [4.78, 5) is 58.3. The number of piperidine rings is 1. The second-order valence-corrected chi connectivity index (χ2v) is 12.8. The summed E-state index contributed by atoms with van der Waals surface area (Å²) in [5.41, 5.74) is 5.47. The number of amides is 4. The molecule has 262 valence electrons. The van der Waals surface area contributed by atoms with Gasteiger partial charge in [0.25, 0.3) is 17.7 Å². The minimum absolute atomic E-state index is 0.00731. The van der Waals surface area contributed by atoms with Crippen molar-refractivity contribution >= 4 is 40.9 Å². The van der Waals surface area contributed by atoms with Gasteiger partial charge in [-0.05, 0) is 30.3 Å². The number of likely N-dealkylation sites (N-methyl/N-ethyl adjacent to an activating group) is 1. The number of halogens is 5. The van der Waals surface area contributed by atoms with Crippen molar-refractivity contribution in [1.82, 2.24) is 19.4 Å². The van der Waals surface area contributed by atoms with Crippen LogP contribution >= 0.6 is 11.6 Å². The van der Waals surface area contributed by atoms with Crippen molar-refractivity contribution in [1.29, 1.82) is 0 Å². The van der Waals surface area contributed by atoms with E-state index in [0.29, 0.717) is 56.6 Å². The van der Waals surface area contributed by atoms with E-state index in [4.69, 9.17) is 17.3 Å². The fourth-order valence-electron chi connectivity index (χ4n) is 6.27. The van der Waals surface area contributed by atoms with E-state index >= 15 is 0 Å². The van der Waals surface area contributed by atoms with Crippen LogP contribution in [0.1, 0.15) is 33.8 Å². The van der Waals surface area contributed by atoms with Gasteiger partial charge in [0, 0.05) is 63.2 Å². The fraction of sp³-hybridized carbons (Fsp3) is 0.406. The van der Waals surface area contributed by atoms with Gasteiger partial charge in [0.1, 0.15) is 0 Å². The molecule has 2 aliphatic rings. The maximum Gasteiger partial charge on any atom is 0.387 e. The first kappa shape index (κ1) is 35.6. The van der Waals surface area contributed by atoms with Crippen molar-refractivity contribution < 1.29 is 46.0 Å². The number of alkyl halides is 2. The lowest BCUT2D eigenvalue weighted by molar-refractivity contribution is -0.907. The molecule has 0 radical (unpaired) electrons. The lowest BCUT2D eigenvalue weighted by Crippen LogP contribution is -2.57. The maximum absolute atomic E-state index is 14.7. The van der Waals surface area contributed by atoms with Crippen LogP contribution in [0.5, 0.6) is 5.75 Å². The standard InChI is InChI=1S/C32H34ClF4N7O5/c1-41-23(21-5-6-24(49-32(36)37)27(35)26(21)34)16-39-28(41)29(46)40-19-3-4-20(22(33)15-19)31(48)43-11-9-42(10-12-43)30(47)18-7-13-44(2,14-8-18)17-25(38)45/h3-6,15-16,18,32H,7-14,17H2,1-2H3,(H2-,38,40,45,46,48)/p+1. The third-order valence-electron chi connectivity index (χ3n) is 8.99. The van der Waals surface area contributed by atoms with E-state index in [-0.39, 0.29) is 63.5 Å². The van der Waals surface area contributed by atoms with Crippen molar-refractivity contribution in [2.24, 2.45) is 18.7 Å². The number of hydrogen-bond acceptors (Lipinski definition) is 6. The number of rotatable bonds is 9. The van der Waals surface area contributed by atoms with Gasteiger partial charge >= 0.3 is 6.61 Å². The highest BCUT2D eigenvalue weighted by Crippen LogP contribution is 2.31. The number of nitrogens with two attached hydrogens (primary N) is 1. The summed E-state index contributed by atoms with van der Waals surface area (Å²) in [5.74, 6) is -5.73. The van der Waals surface area contributed by atoms with E-state index in [2.05, 4.69) is 15.0 Å². The monoisotopic (exact) mass is 708 g/mol. The van der Waals surface area contributed by atoms with Crippen LogP contribution in [-0.2, 0) is 16.6 Å². The van der Waals surface area contributed by atoms with Crippen molar-refractivity contribution in [3.05, 3.63) is 64.6 Å². The summed E-state index contributed by atoms with van der Waals surface area (Å²) in [5, 5.41) is 2.67. The molecule has 3 heterocycles. The molecule has 2 aromatic carbocycles. The SMILES string of the molecule is Cn1c(-c2ccc(OC(F)F)c(F)c2F)cnc1C(=O)Nc1ccc(C(=O)N2CCN(C(=O)C3CC[N+](C)(CC(N)=O)CC3)CC2)c(Cl)c1. The Morgan fingerprint density at radius 3 is 2.31 bits per heavy atom. The second-order valence-electron chi connectivity index (χ2n) is 12.4. The summed E-state index contributed by atoms with van der Waals surface area (Å²) in [6.07, 6.45) is 2.45. The Morgan fingerprint density at radius 1 is 1.04 bits per heavy atom. The highest BCUT2D eigenvalue weighted by molar-refractivity contribution is 6.34. The number of imidazole rings is 1. The zero-order chi connectivity index (χ0) is 35.6. The van der Waals surface area contributed by atoms with E-state index in [1.165, 1.54) is 29.8 Å². The first-order valence-corrected chi connectivity index (χ1v) is 15.8. The van der Waals surface area contributed by atoms with Crippen LogP contribution in [0.25, 0.3) is 11.3 Å². The molecule has 2 aliphatic heterocycles. The van der Waals surface area contributed by atoms with E-state index in [9.17, 15) is 36.7 Å². The van der Waals surface area contributed by atoms with Gasteiger partial charge in [0.05, 0.1) is 42.6 Å². The smallest absolute Gasteiger partial charge is 0.387 e. The number of carbonyl (C=O) groups excluding carboxylic acids is 4. The molecule has 0 unspecified atom stereocenters. The van der Waals surface area contributed by atoms with Crippen LogP contribution in [0.2, 0.25) is 5.02 Å². The molecule has 0 saturated carbocycles. The molecule has 12 nitrogen and oxygen atoms in total. The number of nitrogens with zero attached hydrogens (tertiary/aromatic N) is 5. The molecule has 49 heavy (non-hydrogen) atoms. The number of primary amides is 1. The first-order valence-electron chi connectivity index (χ1n) is 15.4. The third kappa shape index (κ3) is 7.80. The number of benzene rings is 2. The number of piperazine rings is 1. The van der Waals surface area contributed by atoms with Gasteiger partial charge in [0.2, 0.25) is 11.7 Å². The summed E-state index contributed by atoms with van der Waals surface area (Å²) >= 11 is 6.45. The van der Waals surface area contributed by atoms with Gasteiger partial charge in [0.15, 0.2) is 23.9 Å². The molecular weight excluding hydrogens is 674 g/mol. The Labute approximate surface area is 283 Å². The largest absolute Gasteiger partial charge is 0.432 e. The molecule has 2 saturated heterocycles. The number of quaternary nitrogens is 1. The van der Waals surface area contributed by atoms with Crippen molar-refractivity contribution in [3.63, 3.8) is 0 Å².